The molecule has 1 N–H and O–H groups in total. The van der Waals surface area contributed by atoms with E-state index in [0.29, 0.717) is 11.7 Å². The van der Waals surface area contributed by atoms with Gasteiger partial charge in [0.2, 0.25) is 5.91 Å². The van der Waals surface area contributed by atoms with Crippen molar-refractivity contribution >= 4 is 32.2 Å². The van der Waals surface area contributed by atoms with Crippen LogP contribution >= 0.6 is 11.3 Å². The first-order chi connectivity index (χ1) is 14.3. The Bertz CT molecular complexity index is 1120. The standard InChI is InChI=1S/C22H24N2O4S2/c1-4-28-18-10-8-17(9-11-18)21-15(3)29-22(24-21)23-20(25)14-16-6-12-19(13-7-16)30(26,27)5-2/h6-13H,4-5,14H2,1-3H3,(H,23,24,25). The van der Waals surface area contributed by atoms with E-state index in [-0.39, 0.29) is 23.0 Å². The highest BCUT2D eigenvalue weighted by Gasteiger charge is 2.14. The number of amides is 1. The van der Waals surface area contributed by atoms with Crippen LogP contribution in [0.3, 0.4) is 0 Å². The molecule has 1 heterocycles. The lowest BCUT2D eigenvalue weighted by Crippen LogP contribution is -2.14. The Morgan fingerprint density at radius 1 is 1.07 bits per heavy atom. The van der Waals surface area contributed by atoms with E-state index >= 15 is 0 Å². The zero-order valence-electron chi connectivity index (χ0n) is 17.1. The number of rotatable bonds is 8. The van der Waals surface area contributed by atoms with Crippen molar-refractivity contribution in [2.24, 2.45) is 0 Å². The largest absolute Gasteiger partial charge is 0.494 e. The molecular formula is C22H24N2O4S2. The summed E-state index contributed by atoms with van der Waals surface area (Å²) in [5.74, 6) is 0.654. The predicted molar refractivity (Wildman–Crippen MR) is 120 cm³/mol. The van der Waals surface area contributed by atoms with Gasteiger partial charge in [-0.25, -0.2) is 13.4 Å². The minimum Gasteiger partial charge on any atom is -0.494 e. The van der Waals surface area contributed by atoms with Crippen molar-refractivity contribution in [2.45, 2.75) is 32.1 Å². The first-order valence-electron chi connectivity index (χ1n) is 9.64. The predicted octanol–water partition coefficient (Wildman–Crippen LogP) is 4.49. The Kier molecular flexibility index (Phi) is 6.89. The fourth-order valence-corrected chi connectivity index (χ4v) is 4.66. The van der Waals surface area contributed by atoms with Crippen molar-refractivity contribution in [2.75, 3.05) is 17.7 Å². The minimum atomic E-state index is -3.24. The van der Waals surface area contributed by atoms with E-state index in [2.05, 4.69) is 10.3 Å². The molecule has 0 fully saturated rings. The maximum absolute atomic E-state index is 12.4. The second-order valence-electron chi connectivity index (χ2n) is 6.65. The number of aryl methyl sites for hydroxylation is 1. The Labute approximate surface area is 180 Å². The summed E-state index contributed by atoms with van der Waals surface area (Å²) in [4.78, 5) is 18.2. The van der Waals surface area contributed by atoms with Gasteiger partial charge in [-0.1, -0.05) is 19.1 Å². The molecule has 1 aromatic heterocycles. The van der Waals surface area contributed by atoms with E-state index in [4.69, 9.17) is 4.74 Å². The average Bonchev–Trinajstić information content (AvgIpc) is 3.09. The number of sulfone groups is 1. The van der Waals surface area contributed by atoms with Crippen LogP contribution < -0.4 is 10.1 Å². The molecule has 0 atom stereocenters. The van der Waals surface area contributed by atoms with E-state index in [1.165, 1.54) is 11.3 Å². The van der Waals surface area contributed by atoms with Gasteiger partial charge in [0.1, 0.15) is 5.75 Å². The van der Waals surface area contributed by atoms with Crippen LogP contribution in [-0.4, -0.2) is 31.7 Å². The molecule has 6 nitrogen and oxygen atoms in total. The van der Waals surface area contributed by atoms with Crippen molar-refractivity contribution in [3.8, 4) is 17.0 Å². The van der Waals surface area contributed by atoms with Gasteiger partial charge in [-0.05, 0) is 55.8 Å². The lowest BCUT2D eigenvalue weighted by atomic mass is 10.1. The van der Waals surface area contributed by atoms with Gasteiger partial charge in [0.15, 0.2) is 15.0 Å². The molecule has 0 aliphatic carbocycles. The highest BCUT2D eigenvalue weighted by Crippen LogP contribution is 2.31. The number of carbonyl (C=O) groups excluding carboxylic acids is 1. The molecule has 2 aromatic carbocycles. The van der Waals surface area contributed by atoms with Gasteiger partial charge in [0.25, 0.3) is 0 Å². The third kappa shape index (κ3) is 5.25. The Hall–Kier alpha value is -2.71. The smallest absolute Gasteiger partial charge is 0.230 e. The van der Waals surface area contributed by atoms with Crippen molar-refractivity contribution in [3.63, 3.8) is 0 Å². The first-order valence-corrected chi connectivity index (χ1v) is 12.1. The summed E-state index contributed by atoms with van der Waals surface area (Å²) in [5.41, 5.74) is 2.52. The Morgan fingerprint density at radius 3 is 2.33 bits per heavy atom. The van der Waals surface area contributed by atoms with Crippen LogP contribution in [0.2, 0.25) is 0 Å². The van der Waals surface area contributed by atoms with Gasteiger partial charge in [-0.2, -0.15) is 0 Å². The highest BCUT2D eigenvalue weighted by atomic mass is 32.2. The van der Waals surface area contributed by atoms with Gasteiger partial charge < -0.3 is 10.1 Å². The highest BCUT2D eigenvalue weighted by molar-refractivity contribution is 7.91. The fourth-order valence-electron chi connectivity index (χ4n) is 2.92. The lowest BCUT2D eigenvalue weighted by Gasteiger charge is -2.05. The number of aromatic nitrogens is 1. The molecule has 158 valence electrons. The number of anilines is 1. The molecule has 1 amide bonds. The lowest BCUT2D eigenvalue weighted by molar-refractivity contribution is -0.115. The maximum Gasteiger partial charge on any atom is 0.230 e. The van der Waals surface area contributed by atoms with Crippen molar-refractivity contribution in [1.29, 1.82) is 0 Å². The molecule has 0 aliphatic rings. The van der Waals surface area contributed by atoms with E-state index in [0.717, 1.165) is 27.4 Å². The number of nitrogens with one attached hydrogen (secondary N) is 1. The average molecular weight is 445 g/mol. The quantitative estimate of drug-likeness (QED) is 0.553. The SMILES string of the molecule is CCOc1ccc(-c2nc(NC(=O)Cc3ccc(S(=O)(=O)CC)cc3)sc2C)cc1. The topological polar surface area (TPSA) is 85.4 Å². The number of hydrogen-bond donors (Lipinski definition) is 1. The summed E-state index contributed by atoms with van der Waals surface area (Å²) in [6.45, 7) is 6.12. The Balaban J connectivity index is 1.67. The van der Waals surface area contributed by atoms with Gasteiger partial charge in [0, 0.05) is 10.4 Å². The fraction of sp³-hybridized carbons (Fsp3) is 0.273. The number of nitrogens with zero attached hydrogens (tertiary/aromatic N) is 1. The van der Waals surface area contributed by atoms with Crippen LogP contribution in [0.4, 0.5) is 5.13 Å². The number of hydrogen-bond acceptors (Lipinski definition) is 6. The van der Waals surface area contributed by atoms with Crippen LogP contribution in [0, 0.1) is 6.92 Å². The molecule has 0 saturated heterocycles. The van der Waals surface area contributed by atoms with Crippen LogP contribution in [-0.2, 0) is 21.1 Å². The van der Waals surface area contributed by atoms with Crippen LogP contribution in [0.15, 0.2) is 53.4 Å². The molecule has 0 radical (unpaired) electrons. The second-order valence-corrected chi connectivity index (χ2v) is 10.1. The van der Waals surface area contributed by atoms with Crippen molar-refractivity contribution in [1.82, 2.24) is 4.98 Å². The summed E-state index contributed by atoms with van der Waals surface area (Å²) in [6, 6.07) is 14.1. The Morgan fingerprint density at radius 2 is 1.73 bits per heavy atom. The van der Waals surface area contributed by atoms with Crippen LogP contribution in [0.25, 0.3) is 11.3 Å². The number of thiazole rings is 1. The summed E-state index contributed by atoms with van der Waals surface area (Å²) in [6.07, 6.45) is 0.142. The van der Waals surface area contributed by atoms with Crippen molar-refractivity contribution in [3.05, 3.63) is 59.0 Å². The van der Waals surface area contributed by atoms with Gasteiger partial charge >= 0.3 is 0 Å². The van der Waals surface area contributed by atoms with Gasteiger partial charge in [-0.3, -0.25) is 4.79 Å². The second kappa shape index (κ2) is 9.40. The molecule has 30 heavy (non-hydrogen) atoms. The summed E-state index contributed by atoms with van der Waals surface area (Å²) in [7, 11) is -3.24. The number of ether oxygens (including phenoxy) is 1. The zero-order valence-corrected chi connectivity index (χ0v) is 18.8. The first kappa shape index (κ1) is 22.0. The maximum atomic E-state index is 12.4. The summed E-state index contributed by atoms with van der Waals surface area (Å²) in [5, 5.41) is 3.37. The molecule has 3 aromatic rings. The van der Waals surface area contributed by atoms with Crippen LogP contribution in [0.1, 0.15) is 24.3 Å². The molecular weight excluding hydrogens is 420 g/mol. The number of carbonyl (C=O) groups is 1. The summed E-state index contributed by atoms with van der Waals surface area (Å²) < 4.78 is 29.2. The number of benzene rings is 2. The van der Waals surface area contributed by atoms with Gasteiger partial charge in [0.05, 0.1) is 29.4 Å². The normalized spacial score (nSPS) is 11.3. The minimum absolute atomic E-state index is 0.0485. The third-order valence-electron chi connectivity index (χ3n) is 4.51. The van der Waals surface area contributed by atoms with Gasteiger partial charge in [-0.15, -0.1) is 11.3 Å². The van der Waals surface area contributed by atoms with E-state index in [9.17, 15) is 13.2 Å². The molecule has 0 bridgehead atoms. The molecule has 3 rings (SSSR count). The monoisotopic (exact) mass is 444 g/mol. The molecule has 0 aliphatic heterocycles. The zero-order chi connectivity index (χ0) is 21.7. The summed E-state index contributed by atoms with van der Waals surface area (Å²) >= 11 is 1.42. The molecule has 0 saturated carbocycles. The third-order valence-corrected chi connectivity index (χ3v) is 7.15. The van der Waals surface area contributed by atoms with Crippen molar-refractivity contribution < 1.29 is 17.9 Å². The van der Waals surface area contributed by atoms with E-state index < -0.39 is 9.84 Å². The van der Waals surface area contributed by atoms with Crippen LogP contribution in [0.5, 0.6) is 5.75 Å². The van der Waals surface area contributed by atoms with E-state index in [1.54, 1.807) is 31.2 Å². The molecule has 0 unspecified atom stereocenters. The van der Waals surface area contributed by atoms with E-state index in [1.807, 2.05) is 38.1 Å². The molecule has 8 heteroatoms. The molecule has 0 spiro atoms.